The molecule has 168 valence electrons. The maximum absolute atomic E-state index is 4.62. The molecule has 0 N–H and O–H groups in total. The Balaban J connectivity index is 1.55. The number of aromatic nitrogens is 4. The van der Waals surface area contributed by atoms with Gasteiger partial charge in [0, 0.05) is 40.5 Å². The highest BCUT2D eigenvalue weighted by atomic mass is 15.2. The first kappa shape index (κ1) is 19.9. The minimum absolute atomic E-state index is 0.0804. The van der Waals surface area contributed by atoms with Gasteiger partial charge in [0.2, 0.25) is 0 Å². The van der Waals surface area contributed by atoms with Crippen molar-refractivity contribution < 1.29 is 0 Å². The fraction of sp³-hybridized carbons (Fsp3) is 0.100. The van der Waals surface area contributed by atoms with Crippen molar-refractivity contribution in [2.24, 2.45) is 0 Å². The molecule has 0 radical (unpaired) electrons. The molecule has 0 saturated carbocycles. The van der Waals surface area contributed by atoms with Gasteiger partial charge in [0.05, 0.1) is 22.9 Å². The molecule has 6 aromatic rings. The Labute approximate surface area is 203 Å². The summed E-state index contributed by atoms with van der Waals surface area (Å²) in [6.07, 6.45) is 6.97. The third-order valence-electron chi connectivity index (χ3n) is 7.18. The van der Waals surface area contributed by atoms with Gasteiger partial charge in [0.25, 0.3) is 0 Å². The van der Waals surface area contributed by atoms with Crippen molar-refractivity contribution in [2.75, 3.05) is 4.90 Å². The second-order valence-corrected chi connectivity index (χ2v) is 9.47. The number of pyridine rings is 1. The smallest absolute Gasteiger partial charge is 0.157 e. The number of hydrogen-bond donors (Lipinski definition) is 0. The Morgan fingerprint density at radius 3 is 2.37 bits per heavy atom. The number of rotatable bonds is 3. The molecule has 1 aliphatic rings. The summed E-state index contributed by atoms with van der Waals surface area (Å²) in [6.45, 7) is 4.65. The predicted molar refractivity (Wildman–Crippen MR) is 141 cm³/mol. The second kappa shape index (κ2) is 7.24. The van der Waals surface area contributed by atoms with Crippen LogP contribution < -0.4 is 4.90 Å². The molecule has 0 saturated heterocycles. The summed E-state index contributed by atoms with van der Waals surface area (Å²) in [5.74, 6) is 1.53. The van der Waals surface area contributed by atoms with Crippen molar-refractivity contribution in [1.82, 2.24) is 19.5 Å². The van der Waals surface area contributed by atoms with Crippen LogP contribution in [0.1, 0.15) is 25.0 Å². The molecule has 0 unspecified atom stereocenters. The van der Waals surface area contributed by atoms with Crippen molar-refractivity contribution in [3.05, 3.63) is 115 Å². The fourth-order valence-electron chi connectivity index (χ4n) is 5.57. The summed E-state index contributed by atoms with van der Waals surface area (Å²) in [7, 11) is 0. The van der Waals surface area contributed by atoms with Gasteiger partial charge in [-0.1, -0.05) is 56.3 Å². The monoisotopic (exact) mass is 453 g/mol. The van der Waals surface area contributed by atoms with Crippen molar-refractivity contribution in [3.8, 4) is 5.69 Å². The third kappa shape index (κ3) is 2.78. The van der Waals surface area contributed by atoms with E-state index in [1.165, 1.54) is 38.6 Å². The van der Waals surface area contributed by atoms with Gasteiger partial charge in [-0.3, -0.25) is 9.88 Å². The van der Waals surface area contributed by atoms with Crippen LogP contribution in [-0.4, -0.2) is 19.5 Å². The number of nitrogens with zero attached hydrogens (tertiary/aromatic N) is 5. The molecule has 0 atom stereocenters. The van der Waals surface area contributed by atoms with Crippen LogP contribution in [0.25, 0.3) is 27.5 Å². The van der Waals surface area contributed by atoms with E-state index in [1.807, 2.05) is 18.2 Å². The molecular formula is C30H23N5. The zero-order chi connectivity index (χ0) is 23.6. The first-order valence-corrected chi connectivity index (χ1v) is 11.8. The van der Waals surface area contributed by atoms with Crippen molar-refractivity contribution in [1.29, 1.82) is 0 Å². The molecule has 4 heterocycles. The Morgan fingerprint density at radius 1 is 0.714 bits per heavy atom. The quantitative estimate of drug-likeness (QED) is 0.287. The van der Waals surface area contributed by atoms with E-state index in [4.69, 9.17) is 0 Å². The van der Waals surface area contributed by atoms with Crippen LogP contribution >= 0.6 is 0 Å². The maximum Gasteiger partial charge on any atom is 0.157 e. The largest absolute Gasteiger partial charge is 0.309 e. The van der Waals surface area contributed by atoms with Gasteiger partial charge < -0.3 is 4.57 Å². The normalized spacial score (nSPS) is 13.7. The van der Waals surface area contributed by atoms with E-state index >= 15 is 0 Å². The lowest BCUT2D eigenvalue weighted by molar-refractivity contribution is 0.630. The molecule has 3 aromatic heterocycles. The average Bonchev–Trinajstić information content (AvgIpc) is 3.23. The Bertz CT molecular complexity index is 1680. The molecular weight excluding hydrogens is 430 g/mol. The summed E-state index contributed by atoms with van der Waals surface area (Å²) in [5.41, 5.74) is 7.33. The van der Waals surface area contributed by atoms with E-state index in [1.54, 1.807) is 24.8 Å². The summed E-state index contributed by atoms with van der Waals surface area (Å²) in [5, 5.41) is 2.46. The van der Waals surface area contributed by atoms with Crippen molar-refractivity contribution in [2.45, 2.75) is 19.3 Å². The molecule has 5 heteroatoms. The topological polar surface area (TPSA) is 46.8 Å². The van der Waals surface area contributed by atoms with Crippen LogP contribution in [0.3, 0.4) is 0 Å². The van der Waals surface area contributed by atoms with Crippen LogP contribution in [0, 0.1) is 0 Å². The third-order valence-corrected chi connectivity index (χ3v) is 7.18. The van der Waals surface area contributed by atoms with E-state index < -0.39 is 0 Å². The summed E-state index contributed by atoms with van der Waals surface area (Å²) >= 11 is 0. The van der Waals surface area contributed by atoms with Crippen molar-refractivity contribution >= 4 is 39.1 Å². The Morgan fingerprint density at radius 2 is 1.54 bits per heavy atom. The van der Waals surface area contributed by atoms with E-state index in [2.05, 4.69) is 98.9 Å². The van der Waals surface area contributed by atoms with Gasteiger partial charge in [0.15, 0.2) is 5.82 Å². The van der Waals surface area contributed by atoms with Gasteiger partial charge in [-0.25, -0.2) is 9.97 Å². The van der Waals surface area contributed by atoms with Crippen LogP contribution in [0.2, 0.25) is 0 Å². The highest BCUT2D eigenvalue weighted by Crippen LogP contribution is 2.48. The molecule has 0 aliphatic carbocycles. The van der Waals surface area contributed by atoms with Crippen LogP contribution in [0.15, 0.2) is 104 Å². The highest BCUT2D eigenvalue weighted by Gasteiger charge is 2.34. The molecule has 0 fully saturated rings. The number of anilines is 3. The molecule has 5 nitrogen and oxygen atoms in total. The van der Waals surface area contributed by atoms with Gasteiger partial charge in [-0.15, -0.1) is 0 Å². The molecule has 1 aliphatic heterocycles. The first-order valence-electron chi connectivity index (χ1n) is 11.8. The second-order valence-electron chi connectivity index (χ2n) is 9.47. The molecule has 0 amide bonds. The van der Waals surface area contributed by atoms with Crippen LogP contribution in [-0.2, 0) is 5.41 Å². The number of para-hydroxylation sites is 2. The number of hydrogen-bond acceptors (Lipinski definition) is 4. The zero-order valence-electron chi connectivity index (χ0n) is 19.6. The van der Waals surface area contributed by atoms with Gasteiger partial charge in [-0.2, -0.15) is 0 Å². The van der Waals surface area contributed by atoms with E-state index in [9.17, 15) is 0 Å². The molecule has 0 spiro atoms. The van der Waals surface area contributed by atoms with E-state index in [0.29, 0.717) is 0 Å². The maximum atomic E-state index is 4.62. The molecule has 0 bridgehead atoms. The molecule has 35 heavy (non-hydrogen) atoms. The minimum atomic E-state index is -0.0804. The molecule has 3 aromatic carbocycles. The predicted octanol–water partition coefficient (Wildman–Crippen LogP) is 7.08. The van der Waals surface area contributed by atoms with Crippen LogP contribution in [0.5, 0.6) is 0 Å². The van der Waals surface area contributed by atoms with E-state index in [-0.39, 0.29) is 5.41 Å². The summed E-state index contributed by atoms with van der Waals surface area (Å²) in [6, 6.07) is 28.0. The average molecular weight is 454 g/mol. The summed E-state index contributed by atoms with van der Waals surface area (Å²) < 4.78 is 2.43. The lowest BCUT2D eigenvalue weighted by atomic mass is 9.75. The van der Waals surface area contributed by atoms with E-state index in [0.717, 1.165) is 17.3 Å². The lowest BCUT2D eigenvalue weighted by Crippen LogP contribution is -2.26. The Kier molecular flexibility index (Phi) is 4.12. The van der Waals surface area contributed by atoms with Gasteiger partial charge >= 0.3 is 0 Å². The zero-order valence-corrected chi connectivity index (χ0v) is 19.6. The van der Waals surface area contributed by atoms with Gasteiger partial charge in [0.1, 0.15) is 5.82 Å². The number of fused-ring (bicyclic) bond motifs is 5. The van der Waals surface area contributed by atoms with Gasteiger partial charge in [-0.05, 0) is 47.5 Å². The minimum Gasteiger partial charge on any atom is -0.309 e. The molecule has 7 rings (SSSR count). The SMILES string of the molecule is CC1(C)c2ccccc2-n2c3ccc(N(c4ccccn4)c4cnccn4)cc3c3cccc1c32. The fourth-order valence-corrected chi connectivity index (χ4v) is 5.57. The highest BCUT2D eigenvalue weighted by molar-refractivity contribution is 6.12. The number of benzene rings is 3. The lowest BCUT2D eigenvalue weighted by Gasteiger charge is -2.34. The standard InChI is InChI=1S/C30H23N5/c1-30(2)23-9-3-4-11-26(23)35-25-14-13-20(18-22(25)21-8-7-10-24(30)29(21)35)34(27-12-5-6-15-32-27)28-19-31-16-17-33-28/h3-19H,1-2H3. The Hall–Kier alpha value is -4.51. The van der Waals surface area contributed by atoms with Crippen LogP contribution in [0.4, 0.5) is 17.3 Å². The summed E-state index contributed by atoms with van der Waals surface area (Å²) in [4.78, 5) is 15.6. The van der Waals surface area contributed by atoms with Crippen molar-refractivity contribution in [3.63, 3.8) is 0 Å². The first-order chi connectivity index (χ1) is 17.1.